The van der Waals surface area contributed by atoms with E-state index >= 15 is 0 Å². The molecular formula is C26H31N3O4S. The molecule has 34 heavy (non-hydrogen) atoms. The van der Waals surface area contributed by atoms with Crippen LogP contribution < -0.4 is 20.3 Å². The Hall–Kier alpha value is -3.10. The summed E-state index contributed by atoms with van der Waals surface area (Å²) in [6.45, 7) is 2.51. The minimum atomic E-state index is -0.149. The second kappa shape index (κ2) is 11.4. The van der Waals surface area contributed by atoms with E-state index < -0.39 is 0 Å². The van der Waals surface area contributed by atoms with Gasteiger partial charge in [0.05, 0.1) is 32.4 Å². The van der Waals surface area contributed by atoms with E-state index in [0.717, 1.165) is 37.8 Å². The van der Waals surface area contributed by atoms with Crippen LogP contribution in [-0.4, -0.2) is 55.0 Å². The standard InChI is InChI=1S/C26H31N3O4S/c1-31-23-14-19-13-20(25(30)28-22(19)15-24(23)32-2)16-29(17-21-9-6-12-33-21)26(34)27-11-10-18-7-4-3-5-8-18/h3-5,7-8,13-15,21H,6,9-12,16-17H2,1-2H3,(H,27,34)(H,28,30). The van der Waals surface area contributed by atoms with Gasteiger partial charge in [0.2, 0.25) is 0 Å². The van der Waals surface area contributed by atoms with Crippen molar-refractivity contribution in [1.82, 2.24) is 15.2 Å². The molecule has 4 rings (SSSR count). The number of H-pyrrole nitrogens is 1. The molecule has 3 aromatic rings. The van der Waals surface area contributed by atoms with Crippen LogP contribution in [0.3, 0.4) is 0 Å². The molecule has 1 aromatic heterocycles. The summed E-state index contributed by atoms with van der Waals surface area (Å²) in [6.07, 6.45) is 3.02. The second-order valence-corrected chi connectivity index (χ2v) is 8.79. The first-order chi connectivity index (χ1) is 16.6. The monoisotopic (exact) mass is 481 g/mol. The number of pyridine rings is 1. The zero-order chi connectivity index (χ0) is 23.9. The molecule has 0 aliphatic carbocycles. The molecule has 2 aromatic carbocycles. The van der Waals surface area contributed by atoms with Gasteiger partial charge in [0.1, 0.15) is 0 Å². The first-order valence-corrected chi connectivity index (χ1v) is 11.9. The van der Waals surface area contributed by atoms with E-state index in [1.165, 1.54) is 5.56 Å². The number of nitrogens with zero attached hydrogens (tertiary/aromatic N) is 1. The lowest BCUT2D eigenvalue weighted by atomic mass is 10.1. The van der Waals surface area contributed by atoms with Gasteiger partial charge in [-0.1, -0.05) is 30.3 Å². The molecule has 1 unspecified atom stereocenters. The van der Waals surface area contributed by atoms with Crippen molar-refractivity contribution in [2.45, 2.75) is 31.9 Å². The van der Waals surface area contributed by atoms with Gasteiger partial charge in [-0.3, -0.25) is 4.79 Å². The molecule has 8 heteroatoms. The highest BCUT2D eigenvalue weighted by molar-refractivity contribution is 7.80. The zero-order valence-corrected chi connectivity index (χ0v) is 20.5. The van der Waals surface area contributed by atoms with Crippen LogP contribution in [0.5, 0.6) is 11.5 Å². The SMILES string of the molecule is COc1cc2cc(CN(CC3CCCO3)C(=S)NCCc3ccccc3)c(=O)[nH]c2cc1OC. The van der Waals surface area contributed by atoms with Crippen LogP contribution in [-0.2, 0) is 17.7 Å². The van der Waals surface area contributed by atoms with E-state index in [-0.39, 0.29) is 11.7 Å². The van der Waals surface area contributed by atoms with Crippen LogP contribution in [0.4, 0.5) is 0 Å². The number of hydrogen-bond acceptors (Lipinski definition) is 5. The van der Waals surface area contributed by atoms with Gasteiger partial charge in [0.15, 0.2) is 16.6 Å². The maximum atomic E-state index is 12.9. The molecule has 2 heterocycles. The fourth-order valence-electron chi connectivity index (χ4n) is 4.22. The predicted octanol–water partition coefficient (Wildman–Crippen LogP) is 3.64. The van der Waals surface area contributed by atoms with Crippen molar-refractivity contribution >= 4 is 28.2 Å². The molecule has 1 aliphatic rings. The van der Waals surface area contributed by atoms with E-state index in [9.17, 15) is 4.79 Å². The summed E-state index contributed by atoms with van der Waals surface area (Å²) in [4.78, 5) is 17.9. The highest BCUT2D eigenvalue weighted by atomic mass is 32.1. The molecule has 1 atom stereocenters. The Kier molecular flexibility index (Phi) is 8.03. The third-order valence-electron chi connectivity index (χ3n) is 6.05. The van der Waals surface area contributed by atoms with Crippen LogP contribution in [0.25, 0.3) is 10.9 Å². The maximum absolute atomic E-state index is 12.9. The van der Waals surface area contributed by atoms with Crippen LogP contribution in [0.15, 0.2) is 53.3 Å². The van der Waals surface area contributed by atoms with Crippen molar-refractivity contribution in [3.63, 3.8) is 0 Å². The van der Waals surface area contributed by atoms with Gasteiger partial charge < -0.3 is 29.4 Å². The highest BCUT2D eigenvalue weighted by Crippen LogP contribution is 2.31. The first kappa shape index (κ1) is 24.0. The first-order valence-electron chi connectivity index (χ1n) is 11.5. The van der Waals surface area contributed by atoms with E-state index in [0.29, 0.717) is 40.8 Å². The van der Waals surface area contributed by atoms with E-state index in [4.69, 9.17) is 26.4 Å². The molecule has 2 N–H and O–H groups in total. The van der Waals surface area contributed by atoms with Crippen molar-refractivity contribution in [2.24, 2.45) is 0 Å². The summed E-state index contributed by atoms with van der Waals surface area (Å²) in [5.74, 6) is 1.18. The highest BCUT2D eigenvalue weighted by Gasteiger charge is 2.22. The Morgan fingerprint density at radius 2 is 1.94 bits per heavy atom. The van der Waals surface area contributed by atoms with Gasteiger partial charge in [-0.2, -0.15) is 0 Å². The molecule has 1 aliphatic heterocycles. The third-order valence-corrected chi connectivity index (χ3v) is 6.46. The van der Waals surface area contributed by atoms with Crippen molar-refractivity contribution in [3.05, 3.63) is 70.0 Å². The summed E-state index contributed by atoms with van der Waals surface area (Å²) in [5, 5.41) is 4.86. The molecule has 1 saturated heterocycles. The van der Waals surface area contributed by atoms with Crippen molar-refractivity contribution in [1.29, 1.82) is 0 Å². The number of aromatic nitrogens is 1. The Bertz CT molecular complexity index is 1180. The fraction of sp³-hybridized carbons (Fsp3) is 0.385. The molecule has 7 nitrogen and oxygen atoms in total. The van der Waals surface area contributed by atoms with Crippen molar-refractivity contribution in [2.75, 3.05) is 33.9 Å². The molecule has 1 fully saturated rings. The van der Waals surface area contributed by atoms with Crippen LogP contribution in [0, 0.1) is 0 Å². The largest absolute Gasteiger partial charge is 0.493 e. The quantitative estimate of drug-likeness (QED) is 0.452. The molecule has 0 radical (unpaired) electrons. The predicted molar refractivity (Wildman–Crippen MR) is 138 cm³/mol. The van der Waals surface area contributed by atoms with Gasteiger partial charge >= 0.3 is 0 Å². The van der Waals surface area contributed by atoms with Crippen LogP contribution >= 0.6 is 12.2 Å². The lowest BCUT2D eigenvalue weighted by molar-refractivity contribution is 0.0897. The molecule has 0 spiro atoms. The number of hydrogen-bond donors (Lipinski definition) is 2. The fourth-order valence-corrected chi connectivity index (χ4v) is 4.47. The average Bonchev–Trinajstić information content (AvgIpc) is 3.37. The number of benzene rings is 2. The Balaban J connectivity index is 1.53. The number of fused-ring (bicyclic) bond motifs is 1. The zero-order valence-electron chi connectivity index (χ0n) is 19.6. The summed E-state index contributed by atoms with van der Waals surface area (Å²) in [6, 6.07) is 15.8. The average molecular weight is 482 g/mol. The van der Waals surface area contributed by atoms with Crippen LogP contribution in [0.1, 0.15) is 24.0 Å². The number of methoxy groups -OCH3 is 2. The number of nitrogens with one attached hydrogen (secondary N) is 2. The van der Waals surface area contributed by atoms with Gasteiger partial charge in [0, 0.05) is 36.7 Å². The number of aromatic amines is 1. The van der Waals surface area contributed by atoms with E-state index in [1.54, 1.807) is 20.3 Å². The topological polar surface area (TPSA) is 75.8 Å². The lowest BCUT2D eigenvalue weighted by Gasteiger charge is -2.28. The second-order valence-electron chi connectivity index (χ2n) is 8.40. The Morgan fingerprint density at radius 3 is 2.65 bits per heavy atom. The van der Waals surface area contributed by atoms with Crippen molar-refractivity contribution in [3.8, 4) is 11.5 Å². The Morgan fingerprint density at radius 1 is 1.18 bits per heavy atom. The molecule has 0 bridgehead atoms. The molecule has 0 amide bonds. The lowest BCUT2D eigenvalue weighted by Crippen LogP contribution is -2.44. The summed E-state index contributed by atoms with van der Waals surface area (Å²) < 4.78 is 16.6. The van der Waals surface area contributed by atoms with Gasteiger partial charge in [-0.15, -0.1) is 0 Å². The van der Waals surface area contributed by atoms with E-state index in [2.05, 4.69) is 22.4 Å². The van der Waals surface area contributed by atoms with E-state index in [1.807, 2.05) is 35.2 Å². The smallest absolute Gasteiger partial charge is 0.253 e. The van der Waals surface area contributed by atoms with Crippen molar-refractivity contribution < 1.29 is 14.2 Å². The van der Waals surface area contributed by atoms with Gasteiger partial charge in [-0.05, 0) is 49.2 Å². The normalized spacial score (nSPS) is 15.3. The van der Waals surface area contributed by atoms with Gasteiger partial charge in [-0.25, -0.2) is 0 Å². The summed E-state index contributed by atoms with van der Waals surface area (Å²) in [5.41, 5.74) is 2.42. The number of rotatable bonds is 9. The molecule has 0 saturated carbocycles. The summed E-state index contributed by atoms with van der Waals surface area (Å²) >= 11 is 5.75. The van der Waals surface area contributed by atoms with Gasteiger partial charge in [0.25, 0.3) is 5.56 Å². The Labute approximate surface area is 205 Å². The number of ether oxygens (including phenoxy) is 3. The molecule has 180 valence electrons. The molecular weight excluding hydrogens is 450 g/mol. The minimum Gasteiger partial charge on any atom is -0.493 e. The van der Waals surface area contributed by atoms with Crippen LogP contribution in [0.2, 0.25) is 0 Å². The minimum absolute atomic E-state index is 0.109. The third kappa shape index (κ3) is 5.87. The maximum Gasteiger partial charge on any atom is 0.253 e. The number of thiocarbonyl (C=S) groups is 1. The summed E-state index contributed by atoms with van der Waals surface area (Å²) in [7, 11) is 3.17.